The number of likely N-dealkylation sites (N-methyl/N-ethyl adjacent to an activating group) is 1. The number of anilines is 1. The second-order valence-corrected chi connectivity index (χ2v) is 4.48. The van der Waals surface area contributed by atoms with Gasteiger partial charge in [0, 0.05) is 12.1 Å². The third kappa shape index (κ3) is 2.26. The molecular formula is C12H13ClN2O3. The van der Waals surface area contributed by atoms with E-state index in [0.717, 1.165) is 0 Å². The van der Waals surface area contributed by atoms with Crippen molar-refractivity contribution in [3.63, 3.8) is 0 Å². The Hall–Kier alpha value is -1.75. The maximum atomic E-state index is 12.0. The predicted molar refractivity (Wildman–Crippen MR) is 68.0 cm³/mol. The molecular weight excluding hydrogens is 256 g/mol. The number of benzene rings is 1. The first-order chi connectivity index (χ1) is 8.52. The van der Waals surface area contributed by atoms with Crippen molar-refractivity contribution in [2.45, 2.75) is 0 Å². The molecule has 96 valence electrons. The molecule has 1 aliphatic heterocycles. The van der Waals surface area contributed by atoms with E-state index >= 15 is 0 Å². The number of hydrogen-bond donors (Lipinski definition) is 0. The van der Waals surface area contributed by atoms with Gasteiger partial charge in [0.15, 0.2) is 0 Å². The Kier molecular flexibility index (Phi) is 3.43. The minimum atomic E-state index is -0.155. The molecule has 18 heavy (non-hydrogen) atoms. The lowest BCUT2D eigenvalue weighted by molar-refractivity contribution is -0.136. The van der Waals surface area contributed by atoms with E-state index in [2.05, 4.69) is 0 Å². The molecule has 0 atom stereocenters. The van der Waals surface area contributed by atoms with Crippen molar-refractivity contribution >= 4 is 29.1 Å². The average Bonchev–Trinajstić information content (AvgIpc) is 2.34. The van der Waals surface area contributed by atoms with Crippen LogP contribution >= 0.6 is 11.6 Å². The van der Waals surface area contributed by atoms with E-state index in [0.29, 0.717) is 16.5 Å². The van der Waals surface area contributed by atoms with Gasteiger partial charge in [-0.15, -0.1) is 0 Å². The van der Waals surface area contributed by atoms with E-state index in [1.54, 1.807) is 25.2 Å². The monoisotopic (exact) mass is 268 g/mol. The van der Waals surface area contributed by atoms with Gasteiger partial charge in [0.1, 0.15) is 12.3 Å². The van der Waals surface area contributed by atoms with Crippen LogP contribution in [0.3, 0.4) is 0 Å². The summed E-state index contributed by atoms with van der Waals surface area (Å²) in [6.45, 7) is 0.0700. The lowest BCUT2D eigenvalue weighted by Gasteiger charge is -2.32. The summed E-state index contributed by atoms with van der Waals surface area (Å²) < 4.78 is 5.19. The molecule has 0 unspecified atom stereocenters. The van der Waals surface area contributed by atoms with Crippen molar-refractivity contribution in [3.8, 4) is 5.75 Å². The molecule has 5 nitrogen and oxygen atoms in total. The van der Waals surface area contributed by atoms with Crippen LogP contribution < -0.4 is 9.64 Å². The first kappa shape index (κ1) is 12.7. The SMILES string of the molecule is COc1ccc(Cl)cc1N1CC(=O)N(C)CC1=O. The molecule has 0 aromatic heterocycles. The Bertz CT molecular complexity index is 504. The molecule has 1 aromatic carbocycles. The third-order valence-electron chi connectivity index (χ3n) is 2.82. The number of halogens is 1. The third-order valence-corrected chi connectivity index (χ3v) is 3.06. The van der Waals surface area contributed by atoms with Gasteiger partial charge in [0.05, 0.1) is 19.3 Å². The van der Waals surface area contributed by atoms with Crippen LogP contribution in [-0.2, 0) is 9.59 Å². The van der Waals surface area contributed by atoms with Crippen LogP contribution in [-0.4, -0.2) is 44.0 Å². The van der Waals surface area contributed by atoms with Gasteiger partial charge in [-0.25, -0.2) is 0 Å². The Morgan fingerprint density at radius 3 is 2.61 bits per heavy atom. The fourth-order valence-corrected chi connectivity index (χ4v) is 1.98. The average molecular weight is 269 g/mol. The molecule has 1 aromatic rings. The summed E-state index contributed by atoms with van der Waals surface area (Å²) in [6, 6.07) is 4.97. The molecule has 0 saturated carbocycles. The van der Waals surface area contributed by atoms with Crippen molar-refractivity contribution in [1.82, 2.24) is 4.90 Å². The zero-order valence-corrected chi connectivity index (χ0v) is 10.9. The number of ether oxygens (including phenoxy) is 1. The van der Waals surface area contributed by atoms with Gasteiger partial charge in [-0.3, -0.25) is 14.5 Å². The number of piperazine rings is 1. The Labute approximate surface area is 110 Å². The van der Waals surface area contributed by atoms with Crippen LogP contribution in [0.2, 0.25) is 5.02 Å². The summed E-state index contributed by atoms with van der Waals surface area (Å²) in [5, 5.41) is 0.491. The molecule has 0 bridgehead atoms. The quantitative estimate of drug-likeness (QED) is 0.809. The first-order valence-corrected chi connectivity index (χ1v) is 5.78. The molecule has 1 saturated heterocycles. The Morgan fingerprint density at radius 2 is 1.94 bits per heavy atom. The number of carbonyl (C=O) groups is 2. The zero-order chi connectivity index (χ0) is 13.3. The van der Waals surface area contributed by atoms with E-state index in [1.807, 2.05) is 0 Å². The van der Waals surface area contributed by atoms with Crippen molar-refractivity contribution < 1.29 is 14.3 Å². The van der Waals surface area contributed by atoms with Crippen LogP contribution in [0.1, 0.15) is 0 Å². The topological polar surface area (TPSA) is 49.9 Å². The highest BCUT2D eigenvalue weighted by Gasteiger charge is 2.30. The van der Waals surface area contributed by atoms with E-state index in [-0.39, 0.29) is 24.9 Å². The largest absolute Gasteiger partial charge is 0.495 e. The van der Waals surface area contributed by atoms with Gasteiger partial charge >= 0.3 is 0 Å². The summed E-state index contributed by atoms with van der Waals surface area (Å²) in [6.07, 6.45) is 0. The van der Waals surface area contributed by atoms with Crippen LogP contribution in [0.4, 0.5) is 5.69 Å². The summed E-state index contributed by atoms with van der Waals surface area (Å²) in [5.41, 5.74) is 0.524. The number of carbonyl (C=O) groups excluding carboxylic acids is 2. The van der Waals surface area contributed by atoms with Gasteiger partial charge in [-0.05, 0) is 18.2 Å². The molecule has 1 fully saturated rings. The van der Waals surface area contributed by atoms with E-state index in [4.69, 9.17) is 16.3 Å². The lowest BCUT2D eigenvalue weighted by atomic mass is 10.2. The van der Waals surface area contributed by atoms with Gasteiger partial charge in [-0.1, -0.05) is 11.6 Å². The molecule has 6 heteroatoms. The zero-order valence-electron chi connectivity index (χ0n) is 10.1. The van der Waals surface area contributed by atoms with Crippen LogP contribution in [0, 0.1) is 0 Å². The molecule has 2 amide bonds. The number of methoxy groups -OCH3 is 1. The van der Waals surface area contributed by atoms with Crippen molar-refractivity contribution in [1.29, 1.82) is 0 Å². The molecule has 1 aliphatic rings. The summed E-state index contributed by atoms with van der Waals surface area (Å²) >= 11 is 5.92. The van der Waals surface area contributed by atoms with Crippen molar-refractivity contribution in [3.05, 3.63) is 23.2 Å². The van der Waals surface area contributed by atoms with Gasteiger partial charge < -0.3 is 9.64 Å². The standard InChI is InChI=1S/C12H13ClN2O3/c1-14-6-12(17)15(7-11(14)16)9-5-8(13)3-4-10(9)18-2/h3-5H,6-7H2,1-2H3. The summed E-state index contributed by atoms with van der Waals surface area (Å²) in [5.74, 6) is 0.249. The number of hydrogen-bond acceptors (Lipinski definition) is 3. The molecule has 1 heterocycles. The van der Waals surface area contributed by atoms with Crippen molar-refractivity contribution in [2.24, 2.45) is 0 Å². The highest BCUT2D eigenvalue weighted by atomic mass is 35.5. The van der Waals surface area contributed by atoms with E-state index in [1.165, 1.54) is 16.9 Å². The highest BCUT2D eigenvalue weighted by molar-refractivity contribution is 6.31. The van der Waals surface area contributed by atoms with Crippen LogP contribution in [0.5, 0.6) is 5.75 Å². The minimum absolute atomic E-state index is 0.00599. The van der Waals surface area contributed by atoms with E-state index < -0.39 is 0 Å². The number of nitrogens with zero attached hydrogens (tertiary/aromatic N) is 2. The van der Waals surface area contributed by atoms with Crippen LogP contribution in [0.15, 0.2) is 18.2 Å². The minimum Gasteiger partial charge on any atom is -0.495 e. The maximum Gasteiger partial charge on any atom is 0.247 e. The van der Waals surface area contributed by atoms with E-state index in [9.17, 15) is 9.59 Å². The smallest absolute Gasteiger partial charge is 0.247 e. The summed E-state index contributed by atoms with van der Waals surface area (Å²) in [7, 11) is 3.11. The molecule has 2 rings (SSSR count). The van der Waals surface area contributed by atoms with Gasteiger partial charge in [0.2, 0.25) is 11.8 Å². The van der Waals surface area contributed by atoms with Crippen LogP contribution in [0.25, 0.3) is 0 Å². The number of amides is 2. The second-order valence-electron chi connectivity index (χ2n) is 4.05. The Morgan fingerprint density at radius 1 is 1.22 bits per heavy atom. The highest BCUT2D eigenvalue weighted by Crippen LogP contribution is 2.32. The maximum absolute atomic E-state index is 12.0. The summed E-state index contributed by atoms with van der Waals surface area (Å²) in [4.78, 5) is 26.4. The molecule has 0 spiro atoms. The fourth-order valence-electron chi connectivity index (χ4n) is 1.81. The first-order valence-electron chi connectivity index (χ1n) is 5.41. The molecule has 0 radical (unpaired) electrons. The Balaban J connectivity index is 2.38. The molecule has 0 aliphatic carbocycles. The molecule has 0 N–H and O–H groups in total. The second kappa shape index (κ2) is 4.86. The predicted octanol–water partition coefficient (Wildman–Crippen LogP) is 1.15. The normalized spacial score (nSPS) is 16.2. The lowest BCUT2D eigenvalue weighted by Crippen LogP contribution is -2.52. The van der Waals surface area contributed by atoms with Gasteiger partial charge in [-0.2, -0.15) is 0 Å². The van der Waals surface area contributed by atoms with Gasteiger partial charge in [0.25, 0.3) is 0 Å². The van der Waals surface area contributed by atoms with Crippen molar-refractivity contribution in [2.75, 3.05) is 32.1 Å². The fraction of sp³-hybridized carbons (Fsp3) is 0.333. The number of rotatable bonds is 2.